The third-order valence-electron chi connectivity index (χ3n) is 10.4. The summed E-state index contributed by atoms with van der Waals surface area (Å²) in [7, 11) is -2.11. The number of aryl methyl sites for hydroxylation is 1. The van der Waals surface area contributed by atoms with Gasteiger partial charge in [-0.25, -0.2) is 18.4 Å². The molecule has 1 aromatic heterocycles. The van der Waals surface area contributed by atoms with Crippen LogP contribution in [0.4, 0.5) is 10.5 Å². The number of nitrogens with one attached hydrogen (secondary N) is 2. The maximum atomic E-state index is 16.1. The summed E-state index contributed by atoms with van der Waals surface area (Å²) in [5.74, 6) is 0.343. The van der Waals surface area contributed by atoms with Crippen molar-refractivity contribution in [2.24, 2.45) is 9.78 Å². The van der Waals surface area contributed by atoms with E-state index in [4.69, 9.17) is 13.8 Å². The summed E-state index contributed by atoms with van der Waals surface area (Å²) >= 11 is 0. The number of ether oxygens (including phenoxy) is 2. The van der Waals surface area contributed by atoms with Crippen molar-refractivity contribution >= 4 is 21.6 Å². The molecular formula is C41H43N5O4S. The highest BCUT2D eigenvalue weighted by Crippen LogP contribution is 2.44. The minimum absolute atomic E-state index is 0.0499. The molecule has 0 radical (unpaired) electrons. The lowest BCUT2D eigenvalue weighted by atomic mass is 9.78. The van der Waals surface area contributed by atoms with Crippen molar-refractivity contribution in [3.63, 3.8) is 0 Å². The van der Waals surface area contributed by atoms with E-state index in [1.54, 1.807) is 11.8 Å². The second-order valence-electron chi connectivity index (χ2n) is 14.6. The molecule has 0 saturated carbocycles. The number of nitrogens with zero attached hydrogens (tertiary/aromatic N) is 3. The van der Waals surface area contributed by atoms with E-state index in [1.807, 2.05) is 91.0 Å². The zero-order valence-corrected chi connectivity index (χ0v) is 30.0. The molecule has 10 heteroatoms. The maximum absolute atomic E-state index is 16.1. The summed E-state index contributed by atoms with van der Waals surface area (Å²) in [6, 6.07) is 31.1. The first-order valence-corrected chi connectivity index (χ1v) is 19.1. The van der Waals surface area contributed by atoms with Crippen molar-refractivity contribution < 1.29 is 18.5 Å². The lowest BCUT2D eigenvalue weighted by molar-refractivity contribution is 0.0971. The zero-order chi connectivity index (χ0) is 35.2. The minimum atomic E-state index is -3.84. The number of urea groups is 1. The molecule has 2 aliphatic carbocycles. The second-order valence-corrected chi connectivity index (χ2v) is 16.4. The average Bonchev–Trinajstić information content (AvgIpc) is 3.90. The van der Waals surface area contributed by atoms with Gasteiger partial charge in [0.2, 0.25) is 5.88 Å². The zero-order valence-electron chi connectivity index (χ0n) is 29.2. The van der Waals surface area contributed by atoms with Crippen LogP contribution in [0.1, 0.15) is 59.2 Å². The molecule has 0 saturated heterocycles. The van der Waals surface area contributed by atoms with Crippen molar-refractivity contribution in [2.75, 3.05) is 19.0 Å². The lowest BCUT2D eigenvalue weighted by Crippen LogP contribution is -2.39. The molecule has 2 amide bonds. The standard InChI is InChI=1S/C41H43N5O4S/c1-40(2)26-46-38(50-27-40)36(25-42-46)51(48,44-39(47)43-37-34-21-13-14-28(34)22-29-23-33(49-3)24-35(29)37)45-41(30-15-7-4-8-16-30,31-17-9-5-10-18-31)32-19-11-6-12-20-32/h4-12,15-20,22,25,33H,13-14,21,23-24,26-27H2,1-3H3,(H2,43,44,45,47,48)/t33-,51+/m1/s1. The summed E-state index contributed by atoms with van der Waals surface area (Å²) in [4.78, 5) is 14.7. The number of amides is 2. The molecule has 0 fully saturated rings. The van der Waals surface area contributed by atoms with Crippen LogP contribution in [0, 0.1) is 5.41 Å². The second kappa shape index (κ2) is 13.0. The number of anilines is 1. The van der Waals surface area contributed by atoms with Gasteiger partial charge in [-0.15, -0.1) is 0 Å². The molecule has 0 bridgehead atoms. The van der Waals surface area contributed by atoms with Gasteiger partial charge >= 0.3 is 6.03 Å². The van der Waals surface area contributed by atoms with Crippen LogP contribution in [0.5, 0.6) is 5.88 Å². The van der Waals surface area contributed by atoms with Gasteiger partial charge in [-0.1, -0.05) is 111 Å². The fourth-order valence-corrected chi connectivity index (χ4v) is 9.78. The quantitative estimate of drug-likeness (QED) is 0.164. The van der Waals surface area contributed by atoms with Gasteiger partial charge in [-0.2, -0.15) is 9.46 Å². The Morgan fingerprint density at radius 3 is 2.16 bits per heavy atom. The Morgan fingerprint density at radius 2 is 1.55 bits per heavy atom. The van der Waals surface area contributed by atoms with Crippen LogP contribution in [0.2, 0.25) is 0 Å². The summed E-state index contributed by atoms with van der Waals surface area (Å²) in [6.45, 7) is 5.16. The van der Waals surface area contributed by atoms with Gasteiger partial charge in [0, 0.05) is 24.6 Å². The van der Waals surface area contributed by atoms with Gasteiger partial charge in [0.1, 0.15) is 10.4 Å². The van der Waals surface area contributed by atoms with Crippen LogP contribution in [0.25, 0.3) is 0 Å². The maximum Gasteiger partial charge on any atom is 0.331 e. The van der Waals surface area contributed by atoms with Gasteiger partial charge in [0.15, 0.2) is 9.92 Å². The van der Waals surface area contributed by atoms with Crippen LogP contribution in [0.3, 0.4) is 0 Å². The molecule has 0 unspecified atom stereocenters. The molecule has 0 spiro atoms. The van der Waals surface area contributed by atoms with Gasteiger partial charge in [0.25, 0.3) is 0 Å². The number of carbonyl (C=O) groups excluding carboxylic acids is 1. The Kier molecular flexibility index (Phi) is 8.47. The van der Waals surface area contributed by atoms with Crippen molar-refractivity contribution in [3.05, 3.63) is 142 Å². The number of hydrogen-bond donors (Lipinski definition) is 2. The number of aromatic nitrogens is 2. The summed E-state index contributed by atoms with van der Waals surface area (Å²) in [5.41, 5.74) is 6.39. The van der Waals surface area contributed by atoms with Crippen LogP contribution < -0.4 is 14.8 Å². The van der Waals surface area contributed by atoms with Gasteiger partial charge < -0.3 is 14.8 Å². The Hall–Kier alpha value is -4.93. The molecule has 2 N–H and O–H groups in total. The van der Waals surface area contributed by atoms with Crippen molar-refractivity contribution in [1.29, 1.82) is 0 Å². The SMILES string of the molecule is CO[C@@H]1Cc2cc3c(c(NC(=O)N[S@](=O)(=NC(c4ccccc4)(c4ccccc4)c4ccccc4)c4cnn5c4OCC(C)(C)C5)c2C1)CCC3. The van der Waals surface area contributed by atoms with E-state index in [9.17, 15) is 4.79 Å². The Bertz CT molecular complexity index is 2110. The molecule has 3 aliphatic rings. The van der Waals surface area contributed by atoms with Gasteiger partial charge in [0.05, 0.1) is 25.5 Å². The molecule has 5 aromatic rings. The summed E-state index contributed by atoms with van der Waals surface area (Å²) < 4.78 is 38.2. The molecule has 9 nitrogen and oxygen atoms in total. The van der Waals surface area contributed by atoms with Crippen LogP contribution in [-0.4, -0.2) is 39.8 Å². The topological polar surface area (TPSA) is 107 Å². The highest BCUT2D eigenvalue weighted by molar-refractivity contribution is 7.92. The molecule has 2 atom stereocenters. The van der Waals surface area contributed by atoms with Crippen LogP contribution in [-0.2, 0) is 52.4 Å². The van der Waals surface area contributed by atoms with Crippen molar-refractivity contribution in [2.45, 2.75) is 69.0 Å². The fraction of sp³-hybridized carbons (Fsp3) is 0.317. The van der Waals surface area contributed by atoms with E-state index in [2.05, 4.69) is 35.1 Å². The number of rotatable bonds is 8. The molecule has 2 heterocycles. The third-order valence-corrected chi connectivity index (χ3v) is 12.2. The monoisotopic (exact) mass is 701 g/mol. The van der Waals surface area contributed by atoms with Crippen molar-refractivity contribution in [1.82, 2.24) is 14.5 Å². The first kappa shape index (κ1) is 33.2. The minimum Gasteiger partial charge on any atom is -0.476 e. The fourth-order valence-electron chi connectivity index (χ4n) is 7.93. The first-order chi connectivity index (χ1) is 24.7. The number of methoxy groups -OCH3 is 1. The smallest absolute Gasteiger partial charge is 0.331 e. The van der Waals surface area contributed by atoms with Gasteiger partial charge in [-0.05, 0) is 64.6 Å². The van der Waals surface area contributed by atoms with Crippen molar-refractivity contribution in [3.8, 4) is 5.88 Å². The number of hydrogen-bond acceptors (Lipinski definition) is 6. The number of carbonyl (C=O) groups is 1. The van der Waals surface area contributed by atoms with Crippen LogP contribution in [0.15, 0.2) is 113 Å². The molecule has 51 heavy (non-hydrogen) atoms. The van der Waals surface area contributed by atoms with E-state index < -0.39 is 21.5 Å². The molecule has 1 aliphatic heterocycles. The molecule has 8 rings (SSSR count). The van der Waals surface area contributed by atoms with E-state index in [1.165, 1.54) is 17.3 Å². The summed E-state index contributed by atoms with van der Waals surface area (Å²) in [5, 5.41) is 7.83. The molecular weight excluding hydrogens is 659 g/mol. The third kappa shape index (κ3) is 6.00. The van der Waals surface area contributed by atoms with E-state index in [0.29, 0.717) is 25.5 Å². The largest absolute Gasteiger partial charge is 0.476 e. The number of benzene rings is 4. The first-order valence-electron chi connectivity index (χ1n) is 17.6. The van der Waals surface area contributed by atoms with E-state index >= 15 is 4.21 Å². The Labute approximate surface area is 299 Å². The normalized spacial score (nSPS) is 18.5. The van der Waals surface area contributed by atoms with Crippen LogP contribution >= 0.6 is 0 Å². The predicted molar refractivity (Wildman–Crippen MR) is 198 cm³/mol. The van der Waals surface area contributed by atoms with E-state index in [0.717, 1.165) is 59.2 Å². The Morgan fingerprint density at radius 1 is 0.922 bits per heavy atom. The predicted octanol–water partition coefficient (Wildman–Crippen LogP) is 7.46. The highest BCUT2D eigenvalue weighted by Gasteiger charge is 2.41. The highest BCUT2D eigenvalue weighted by atomic mass is 32.2. The molecule has 4 aromatic carbocycles. The number of fused-ring (bicyclic) bond motifs is 3. The summed E-state index contributed by atoms with van der Waals surface area (Å²) in [6.07, 6.45) is 5.95. The lowest BCUT2D eigenvalue weighted by Gasteiger charge is -2.34. The molecule has 262 valence electrons. The van der Waals surface area contributed by atoms with Gasteiger partial charge in [-0.3, -0.25) is 0 Å². The average molecular weight is 702 g/mol. The Balaban J connectivity index is 1.33. The van der Waals surface area contributed by atoms with E-state index in [-0.39, 0.29) is 16.4 Å².